The standard InChI is InChI=1S/C35H36/c1-25(18-20-28-12-6-4-7-13-28)33-24-27(3)34(26(2)19-21-29-14-8-5-9-15-29)35(33)32-23-22-30-16-10-11-17-31(30)32/h4-17,23,33,35H,1-2,18-22,24H2,3H3. The van der Waals surface area contributed by atoms with Crippen LogP contribution in [0.1, 0.15) is 48.4 Å². The molecule has 0 N–H and O–H groups in total. The number of hydrogen-bond acceptors (Lipinski definition) is 0. The van der Waals surface area contributed by atoms with Crippen LogP contribution in [0, 0.1) is 11.8 Å². The molecule has 0 spiro atoms. The maximum absolute atomic E-state index is 4.67. The van der Waals surface area contributed by atoms with Crippen LogP contribution < -0.4 is 0 Å². The Labute approximate surface area is 211 Å². The fraction of sp³-hybridized carbons (Fsp3) is 0.257. The van der Waals surface area contributed by atoms with Crippen molar-refractivity contribution in [3.8, 4) is 0 Å². The molecule has 0 fully saturated rings. The molecule has 0 radical (unpaired) electrons. The van der Waals surface area contributed by atoms with Crippen molar-refractivity contribution in [3.63, 3.8) is 0 Å². The van der Waals surface area contributed by atoms with E-state index in [4.69, 9.17) is 0 Å². The summed E-state index contributed by atoms with van der Waals surface area (Å²) < 4.78 is 0. The Balaban J connectivity index is 1.41. The lowest BCUT2D eigenvalue weighted by molar-refractivity contribution is 0.542. The van der Waals surface area contributed by atoms with E-state index in [1.807, 2.05) is 0 Å². The number of rotatable bonds is 9. The van der Waals surface area contributed by atoms with E-state index >= 15 is 0 Å². The average Bonchev–Trinajstić information content (AvgIpc) is 3.47. The third-order valence-corrected chi connectivity index (χ3v) is 7.95. The molecule has 35 heavy (non-hydrogen) atoms. The van der Waals surface area contributed by atoms with Crippen LogP contribution in [-0.2, 0) is 19.3 Å². The summed E-state index contributed by atoms with van der Waals surface area (Å²) in [5, 5.41) is 0. The van der Waals surface area contributed by atoms with E-state index in [0.717, 1.165) is 38.5 Å². The molecular weight excluding hydrogens is 420 g/mol. The quantitative estimate of drug-likeness (QED) is 0.282. The molecule has 176 valence electrons. The van der Waals surface area contributed by atoms with Gasteiger partial charge >= 0.3 is 0 Å². The zero-order valence-corrected chi connectivity index (χ0v) is 21.0. The minimum absolute atomic E-state index is 0.366. The summed E-state index contributed by atoms with van der Waals surface area (Å²) in [6.45, 7) is 11.7. The highest BCUT2D eigenvalue weighted by Crippen LogP contribution is 2.52. The highest BCUT2D eigenvalue weighted by atomic mass is 14.4. The largest absolute Gasteiger partial charge is 0.0995 e. The van der Waals surface area contributed by atoms with Crippen molar-refractivity contribution >= 4 is 5.57 Å². The van der Waals surface area contributed by atoms with E-state index in [1.54, 1.807) is 0 Å². The minimum Gasteiger partial charge on any atom is -0.0995 e. The third-order valence-electron chi connectivity index (χ3n) is 7.95. The smallest absolute Gasteiger partial charge is 0.0163 e. The average molecular weight is 457 g/mol. The Hall–Kier alpha value is -3.38. The molecule has 0 aliphatic heterocycles. The predicted molar refractivity (Wildman–Crippen MR) is 150 cm³/mol. The Morgan fingerprint density at radius 3 is 2.06 bits per heavy atom. The molecule has 3 aromatic carbocycles. The first-order valence-corrected chi connectivity index (χ1v) is 13.0. The number of fused-ring (bicyclic) bond motifs is 1. The number of hydrogen-bond donors (Lipinski definition) is 0. The first-order chi connectivity index (χ1) is 17.1. The lowest BCUT2D eigenvalue weighted by Crippen LogP contribution is -2.17. The van der Waals surface area contributed by atoms with Gasteiger partial charge in [0.2, 0.25) is 0 Å². The van der Waals surface area contributed by atoms with Crippen LogP contribution in [0.15, 0.2) is 126 Å². The fourth-order valence-electron chi connectivity index (χ4n) is 6.11. The lowest BCUT2D eigenvalue weighted by Gasteiger charge is -2.28. The van der Waals surface area contributed by atoms with Crippen LogP contribution in [0.2, 0.25) is 0 Å². The van der Waals surface area contributed by atoms with Crippen molar-refractivity contribution < 1.29 is 0 Å². The lowest BCUT2D eigenvalue weighted by atomic mass is 9.75. The van der Waals surface area contributed by atoms with Gasteiger partial charge in [0, 0.05) is 5.92 Å². The molecule has 2 aliphatic carbocycles. The second kappa shape index (κ2) is 10.5. The van der Waals surface area contributed by atoms with Crippen molar-refractivity contribution in [1.29, 1.82) is 0 Å². The molecule has 0 aromatic heterocycles. The summed E-state index contributed by atoms with van der Waals surface area (Å²) in [4.78, 5) is 0. The summed E-state index contributed by atoms with van der Waals surface area (Å²) in [7, 11) is 0. The number of allylic oxidation sites excluding steroid dienone is 6. The topological polar surface area (TPSA) is 0 Å². The highest BCUT2D eigenvalue weighted by molar-refractivity contribution is 5.79. The third kappa shape index (κ3) is 5.03. The van der Waals surface area contributed by atoms with Gasteiger partial charge in [0.05, 0.1) is 0 Å². The summed E-state index contributed by atoms with van der Waals surface area (Å²) >= 11 is 0. The van der Waals surface area contributed by atoms with E-state index < -0.39 is 0 Å². The summed E-state index contributed by atoms with van der Waals surface area (Å²) in [6, 6.07) is 30.6. The Morgan fingerprint density at radius 2 is 1.37 bits per heavy atom. The maximum Gasteiger partial charge on any atom is 0.0163 e. The molecule has 0 nitrogen and oxygen atoms in total. The van der Waals surface area contributed by atoms with E-state index in [2.05, 4.69) is 111 Å². The van der Waals surface area contributed by atoms with Gasteiger partial charge in [-0.15, -0.1) is 0 Å². The van der Waals surface area contributed by atoms with E-state index in [-0.39, 0.29) is 0 Å². The normalized spacial score (nSPS) is 18.9. The van der Waals surface area contributed by atoms with Crippen LogP contribution in [0.5, 0.6) is 0 Å². The Morgan fingerprint density at radius 1 is 0.771 bits per heavy atom. The Kier molecular flexibility index (Phi) is 7.00. The van der Waals surface area contributed by atoms with Crippen molar-refractivity contribution in [2.24, 2.45) is 11.8 Å². The molecule has 0 saturated carbocycles. The number of benzene rings is 3. The first kappa shape index (κ1) is 23.4. The fourth-order valence-corrected chi connectivity index (χ4v) is 6.11. The molecule has 0 saturated heterocycles. The molecule has 0 heterocycles. The van der Waals surface area contributed by atoms with Gasteiger partial charge in [-0.05, 0) is 84.8 Å². The van der Waals surface area contributed by atoms with E-state index in [9.17, 15) is 0 Å². The van der Waals surface area contributed by atoms with Gasteiger partial charge in [-0.25, -0.2) is 0 Å². The van der Waals surface area contributed by atoms with Gasteiger partial charge in [0.1, 0.15) is 0 Å². The summed E-state index contributed by atoms with van der Waals surface area (Å²) in [5.74, 6) is 0.810. The highest BCUT2D eigenvalue weighted by Gasteiger charge is 2.39. The Bertz CT molecular complexity index is 1270. The minimum atomic E-state index is 0.366. The van der Waals surface area contributed by atoms with Gasteiger partial charge in [0.25, 0.3) is 0 Å². The predicted octanol–water partition coefficient (Wildman–Crippen LogP) is 8.96. The van der Waals surface area contributed by atoms with Crippen molar-refractivity contribution in [3.05, 3.63) is 149 Å². The molecule has 0 bridgehead atoms. The van der Waals surface area contributed by atoms with Gasteiger partial charge < -0.3 is 0 Å². The molecular formula is C35H36. The second-order valence-electron chi connectivity index (χ2n) is 10.2. The van der Waals surface area contributed by atoms with Crippen LogP contribution in [0.4, 0.5) is 0 Å². The summed E-state index contributed by atoms with van der Waals surface area (Å²) in [5.41, 5.74) is 12.9. The van der Waals surface area contributed by atoms with Crippen LogP contribution >= 0.6 is 0 Å². The molecule has 2 atom stereocenters. The van der Waals surface area contributed by atoms with Crippen molar-refractivity contribution in [2.45, 2.75) is 45.4 Å². The zero-order valence-electron chi connectivity index (χ0n) is 21.0. The molecule has 0 heteroatoms. The first-order valence-electron chi connectivity index (χ1n) is 13.0. The molecule has 5 rings (SSSR count). The van der Waals surface area contributed by atoms with E-state index in [1.165, 1.54) is 50.1 Å². The second-order valence-corrected chi connectivity index (χ2v) is 10.2. The van der Waals surface area contributed by atoms with Gasteiger partial charge in [-0.2, -0.15) is 0 Å². The monoisotopic (exact) mass is 456 g/mol. The van der Waals surface area contributed by atoms with E-state index in [0.29, 0.717) is 11.8 Å². The zero-order chi connectivity index (χ0) is 24.2. The van der Waals surface area contributed by atoms with Crippen LogP contribution in [0.3, 0.4) is 0 Å². The molecule has 2 unspecified atom stereocenters. The SMILES string of the molecule is C=C(CCc1ccccc1)C1=C(C)CC(C(=C)CCc2ccccc2)C1C1=CCc2ccccc21. The molecule has 0 amide bonds. The molecule has 3 aromatic rings. The van der Waals surface area contributed by atoms with Crippen molar-refractivity contribution in [1.82, 2.24) is 0 Å². The van der Waals surface area contributed by atoms with Crippen LogP contribution in [-0.4, -0.2) is 0 Å². The van der Waals surface area contributed by atoms with Gasteiger partial charge in [-0.3, -0.25) is 0 Å². The molecule has 2 aliphatic rings. The number of aryl methyl sites for hydroxylation is 2. The maximum atomic E-state index is 4.67. The summed E-state index contributed by atoms with van der Waals surface area (Å²) in [6.07, 6.45) is 8.75. The van der Waals surface area contributed by atoms with Gasteiger partial charge in [0.15, 0.2) is 0 Å². The van der Waals surface area contributed by atoms with Gasteiger partial charge in [-0.1, -0.05) is 121 Å². The van der Waals surface area contributed by atoms with Crippen LogP contribution in [0.25, 0.3) is 5.57 Å². The van der Waals surface area contributed by atoms with Crippen molar-refractivity contribution in [2.75, 3.05) is 0 Å².